The molecule has 3 heteroatoms. The summed E-state index contributed by atoms with van der Waals surface area (Å²) in [6, 6.07) is 8.65. The topological polar surface area (TPSA) is 28.2 Å². The van der Waals surface area contributed by atoms with Gasteiger partial charge in [0.15, 0.2) is 0 Å². The molecule has 1 aromatic carbocycles. The Kier molecular flexibility index (Phi) is 2.69. The van der Waals surface area contributed by atoms with Crippen LogP contribution in [0.4, 0.5) is 5.69 Å². The van der Waals surface area contributed by atoms with E-state index in [0.717, 1.165) is 31.7 Å². The normalized spacial score (nSPS) is 16.4. The molecule has 0 unspecified atom stereocenters. The van der Waals surface area contributed by atoms with Crippen LogP contribution in [0.5, 0.6) is 0 Å². The molecule has 0 aliphatic carbocycles. The van der Waals surface area contributed by atoms with E-state index in [2.05, 4.69) is 46.4 Å². The SMILES string of the molecule is Cc1ccc2ncc(N3CCNCC3)cc2c1. The molecule has 0 amide bonds. The number of pyridine rings is 1. The van der Waals surface area contributed by atoms with E-state index in [-0.39, 0.29) is 0 Å². The van der Waals surface area contributed by atoms with Gasteiger partial charge in [-0.15, -0.1) is 0 Å². The minimum atomic E-state index is 1.06. The van der Waals surface area contributed by atoms with Gasteiger partial charge < -0.3 is 10.2 Å². The van der Waals surface area contributed by atoms with Crippen LogP contribution in [0.15, 0.2) is 30.5 Å². The summed E-state index contributed by atoms with van der Waals surface area (Å²) in [7, 11) is 0. The van der Waals surface area contributed by atoms with E-state index in [1.54, 1.807) is 0 Å². The Labute approximate surface area is 101 Å². The number of hydrogen-bond acceptors (Lipinski definition) is 3. The molecule has 2 heterocycles. The Bertz CT molecular complexity index is 530. The van der Waals surface area contributed by atoms with Gasteiger partial charge in [-0.1, -0.05) is 11.6 Å². The third-order valence-electron chi connectivity index (χ3n) is 3.30. The van der Waals surface area contributed by atoms with Gasteiger partial charge in [0.25, 0.3) is 0 Å². The molecular weight excluding hydrogens is 210 g/mol. The molecule has 2 aromatic rings. The Morgan fingerprint density at radius 3 is 2.82 bits per heavy atom. The van der Waals surface area contributed by atoms with Crippen molar-refractivity contribution in [3.8, 4) is 0 Å². The molecule has 17 heavy (non-hydrogen) atoms. The largest absolute Gasteiger partial charge is 0.368 e. The maximum atomic E-state index is 4.54. The molecule has 0 atom stereocenters. The first kappa shape index (κ1) is 10.5. The zero-order chi connectivity index (χ0) is 11.7. The molecule has 1 fully saturated rings. The summed E-state index contributed by atoms with van der Waals surface area (Å²) >= 11 is 0. The van der Waals surface area contributed by atoms with Crippen LogP contribution in [0, 0.1) is 6.92 Å². The van der Waals surface area contributed by atoms with Gasteiger partial charge in [-0.2, -0.15) is 0 Å². The van der Waals surface area contributed by atoms with Crippen molar-refractivity contribution in [3.63, 3.8) is 0 Å². The van der Waals surface area contributed by atoms with Crippen LogP contribution in [0.3, 0.4) is 0 Å². The molecule has 3 nitrogen and oxygen atoms in total. The van der Waals surface area contributed by atoms with E-state index in [9.17, 15) is 0 Å². The zero-order valence-corrected chi connectivity index (χ0v) is 10.1. The fourth-order valence-electron chi connectivity index (χ4n) is 2.34. The highest BCUT2D eigenvalue weighted by atomic mass is 15.2. The van der Waals surface area contributed by atoms with Crippen molar-refractivity contribution in [1.29, 1.82) is 0 Å². The van der Waals surface area contributed by atoms with Gasteiger partial charge in [-0.25, -0.2) is 0 Å². The van der Waals surface area contributed by atoms with E-state index in [4.69, 9.17) is 0 Å². The van der Waals surface area contributed by atoms with Gasteiger partial charge in [0.1, 0.15) is 0 Å². The molecule has 1 aliphatic rings. The number of nitrogens with one attached hydrogen (secondary N) is 1. The monoisotopic (exact) mass is 227 g/mol. The Morgan fingerprint density at radius 2 is 2.00 bits per heavy atom. The quantitative estimate of drug-likeness (QED) is 0.807. The fourth-order valence-corrected chi connectivity index (χ4v) is 2.34. The van der Waals surface area contributed by atoms with Crippen molar-refractivity contribution in [2.75, 3.05) is 31.1 Å². The molecule has 0 bridgehead atoms. The standard InChI is InChI=1S/C14H17N3/c1-11-2-3-14-12(8-11)9-13(10-16-14)17-6-4-15-5-7-17/h2-3,8-10,15H,4-7H2,1H3. The van der Waals surface area contributed by atoms with Crippen molar-refractivity contribution >= 4 is 16.6 Å². The van der Waals surface area contributed by atoms with Crippen LogP contribution < -0.4 is 10.2 Å². The van der Waals surface area contributed by atoms with E-state index in [1.807, 2.05) is 6.20 Å². The highest BCUT2D eigenvalue weighted by Crippen LogP contribution is 2.21. The summed E-state index contributed by atoms with van der Waals surface area (Å²) in [6.45, 7) is 6.38. The van der Waals surface area contributed by atoms with Gasteiger partial charge in [0, 0.05) is 31.6 Å². The average molecular weight is 227 g/mol. The van der Waals surface area contributed by atoms with Gasteiger partial charge in [-0.3, -0.25) is 4.98 Å². The van der Waals surface area contributed by atoms with Crippen LogP contribution >= 0.6 is 0 Å². The molecule has 0 saturated carbocycles. The molecule has 88 valence electrons. The first-order chi connectivity index (χ1) is 8.33. The predicted octanol–water partition coefficient (Wildman–Crippen LogP) is 1.95. The third kappa shape index (κ3) is 2.11. The number of benzene rings is 1. The van der Waals surface area contributed by atoms with Crippen LogP contribution in [-0.2, 0) is 0 Å². The highest BCUT2D eigenvalue weighted by Gasteiger charge is 2.10. The lowest BCUT2D eigenvalue weighted by molar-refractivity contribution is 0.589. The van der Waals surface area contributed by atoms with E-state index >= 15 is 0 Å². The van der Waals surface area contributed by atoms with Crippen LogP contribution in [-0.4, -0.2) is 31.2 Å². The second kappa shape index (κ2) is 4.34. The molecular formula is C14H17N3. The molecule has 0 radical (unpaired) electrons. The summed E-state index contributed by atoms with van der Waals surface area (Å²) < 4.78 is 0. The number of anilines is 1. The summed E-state index contributed by atoms with van der Waals surface area (Å²) in [5.41, 5.74) is 3.61. The van der Waals surface area contributed by atoms with E-state index < -0.39 is 0 Å². The lowest BCUT2D eigenvalue weighted by Crippen LogP contribution is -2.43. The maximum Gasteiger partial charge on any atom is 0.0703 e. The Balaban J connectivity index is 1.99. The number of hydrogen-bond donors (Lipinski definition) is 1. The van der Waals surface area contributed by atoms with Crippen LogP contribution in [0.1, 0.15) is 5.56 Å². The smallest absolute Gasteiger partial charge is 0.0703 e. The maximum absolute atomic E-state index is 4.54. The van der Waals surface area contributed by atoms with Crippen molar-refractivity contribution in [1.82, 2.24) is 10.3 Å². The number of rotatable bonds is 1. The molecule has 0 spiro atoms. The molecule has 1 aliphatic heterocycles. The lowest BCUT2D eigenvalue weighted by atomic mass is 10.1. The third-order valence-corrected chi connectivity index (χ3v) is 3.30. The summed E-state index contributed by atoms with van der Waals surface area (Å²) in [6.07, 6.45) is 1.99. The van der Waals surface area contributed by atoms with Crippen molar-refractivity contribution in [2.45, 2.75) is 6.92 Å². The minimum Gasteiger partial charge on any atom is -0.368 e. The molecule has 1 N–H and O–H groups in total. The molecule has 1 saturated heterocycles. The van der Waals surface area contributed by atoms with Crippen LogP contribution in [0.2, 0.25) is 0 Å². The lowest BCUT2D eigenvalue weighted by Gasteiger charge is -2.29. The van der Waals surface area contributed by atoms with Crippen molar-refractivity contribution in [2.24, 2.45) is 0 Å². The molecule has 3 rings (SSSR count). The van der Waals surface area contributed by atoms with Crippen LogP contribution in [0.25, 0.3) is 10.9 Å². The average Bonchev–Trinajstić information content (AvgIpc) is 2.39. The second-order valence-electron chi connectivity index (χ2n) is 4.63. The van der Waals surface area contributed by atoms with E-state index in [1.165, 1.54) is 16.6 Å². The van der Waals surface area contributed by atoms with E-state index in [0.29, 0.717) is 0 Å². The van der Waals surface area contributed by atoms with Crippen molar-refractivity contribution in [3.05, 3.63) is 36.0 Å². The molecule has 1 aromatic heterocycles. The number of aryl methyl sites for hydroxylation is 1. The first-order valence-electron chi connectivity index (χ1n) is 6.15. The van der Waals surface area contributed by atoms with Gasteiger partial charge in [0.2, 0.25) is 0 Å². The predicted molar refractivity (Wildman–Crippen MR) is 71.6 cm³/mol. The van der Waals surface area contributed by atoms with Gasteiger partial charge in [-0.05, 0) is 25.1 Å². The minimum absolute atomic E-state index is 1.06. The summed E-state index contributed by atoms with van der Waals surface area (Å²) in [5, 5.41) is 4.61. The Hall–Kier alpha value is -1.61. The highest BCUT2D eigenvalue weighted by molar-refractivity contribution is 5.82. The number of aromatic nitrogens is 1. The number of fused-ring (bicyclic) bond motifs is 1. The second-order valence-corrected chi connectivity index (χ2v) is 4.63. The zero-order valence-electron chi connectivity index (χ0n) is 10.1. The number of nitrogens with zero attached hydrogens (tertiary/aromatic N) is 2. The summed E-state index contributed by atoms with van der Waals surface area (Å²) in [5.74, 6) is 0. The van der Waals surface area contributed by atoms with Gasteiger partial charge >= 0.3 is 0 Å². The fraction of sp³-hybridized carbons (Fsp3) is 0.357. The Morgan fingerprint density at radius 1 is 1.18 bits per heavy atom. The first-order valence-corrected chi connectivity index (χ1v) is 6.15. The van der Waals surface area contributed by atoms with Gasteiger partial charge in [0.05, 0.1) is 17.4 Å². The van der Waals surface area contributed by atoms with Crippen molar-refractivity contribution < 1.29 is 0 Å². The number of piperazine rings is 1. The summed E-state index contributed by atoms with van der Waals surface area (Å²) in [4.78, 5) is 6.93.